The molecule has 1 atom stereocenters. The predicted molar refractivity (Wildman–Crippen MR) is 221 cm³/mol. The summed E-state index contributed by atoms with van der Waals surface area (Å²) in [6.45, 7) is 1.18. The van der Waals surface area contributed by atoms with Gasteiger partial charge < -0.3 is 36.7 Å². The average Bonchev–Trinajstić information content (AvgIpc) is 3.16. The lowest BCUT2D eigenvalue weighted by Gasteiger charge is -2.35. The lowest BCUT2D eigenvalue weighted by atomic mass is 9.89. The molecule has 1 aliphatic carbocycles. The third-order valence-electron chi connectivity index (χ3n) is 10.0. The second-order valence-electron chi connectivity index (χ2n) is 13.8. The SMILES string of the molecule is Cl.Cl.NC1CCC(N(C(=O)O)c2cc(CCCC(=O)NCc3ccc(CNC[C@H](O)c4ccc(O)c5[nH]c(=O)ccc45)cc3)ccc2-c2ccccc2)CC1. The van der Waals surface area contributed by atoms with Crippen molar-refractivity contribution in [2.45, 2.75) is 76.2 Å². The standard InChI is InChI=1S/C42H47N5O6.2ClH/c43-31-14-16-32(17-15-31)47(42(52)53)36-23-27(13-18-33(36)30-6-2-1-3-7-30)5-4-8-39(50)45-25-29-11-9-28(10-12-29)24-44-26-38(49)34-19-21-37(48)41-35(34)20-22-40(51)46-41;;/h1-3,6-7,9-13,18-23,31-32,38,44,48-49H,4-5,8,14-17,24-26,43H2,(H,45,50)(H,46,51)(H,52,53);2*1H/t31?,32?,38-;;/m0../s1. The smallest absolute Gasteiger partial charge is 0.412 e. The Labute approximate surface area is 332 Å². The number of aryl methyl sites for hydroxylation is 1. The van der Waals surface area contributed by atoms with Gasteiger partial charge in [-0.05, 0) is 84.5 Å². The summed E-state index contributed by atoms with van der Waals surface area (Å²) in [7, 11) is 0. The van der Waals surface area contributed by atoms with Gasteiger partial charge in [0.05, 0.1) is 17.3 Å². The first-order chi connectivity index (χ1) is 25.7. The van der Waals surface area contributed by atoms with Crippen LogP contribution < -0.4 is 26.8 Å². The van der Waals surface area contributed by atoms with Crippen LogP contribution in [-0.2, 0) is 24.3 Å². The number of halogens is 2. The minimum atomic E-state index is -0.970. The Kier molecular flexibility index (Phi) is 15.7. The van der Waals surface area contributed by atoms with Crippen LogP contribution in [-0.4, -0.2) is 50.9 Å². The number of rotatable bonds is 14. The van der Waals surface area contributed by atoms with Crippen LogP contribution in [0.1, 0.15) is 66.9 Å². The number of carboxylic acid groups (broad SMARTS) is 1. The monoisotopic (exact) mass is 789 g/mol. The fourth-order valence-corrected chi connectivity index (χ4v) is 7.14. The maximum absolute atomic E-state index is 12.8. The second kappa shape index (κ2) is 20.1. The molecular formula is C42H49Cl2N5O6. The van der Waals surface area contributed by atoms with Crippen LogP contribution in [0.2, 0.25) is 0 Å². The minimum Gasteiger partial charge on any atom is -0.506 e. The highest BCUT2D eigenvalue weighted by Gasteiger charge is 2.30. The maximum Gasteiger partial charge on any atom is 0.412 e. The molecule has 8 N–H and O–H groups in total. The molecule has 1 fully saturated rings. The van der Waals surface area contributed by atoms with E-state index in [0.29, 0.717) is 54.5 Å². The molecule has 0 aliphatic heterocycles. The fraction of sp³-hybridized carbons (Fsp3) is 0.310. The third-order valence-corrected chi connectivity index (χ3v) is 10.0. The number of aliphatic hydroxyl groups is 1. The molecule has 0 unspecified atom stereocenters. The number of nitrogens with two attached hydrogens (primary N) is 1. The van der Waals surface area contributed by atoms with E-state index in [1.807, 2.05) is 72.8 Å². The van der Waals surface area contributed by atoms with Gasteiger partial charge in [-0.25, -0.2) is 4.79 Å². The molecule has 6 rings (SSSR count). The summed E-state index contributed by atoms with van der Waals surface area (Å²) in [6.07, 6.45) is 2.81. The summed E-state index contributed by atoms with van der Waals surface area (Å²) in [5, 5.41) is 38.1. The van der Waals surface area contributed by atoms with Crippen LogP contribution in [0, 0.1) is 0 Å². The van der Waals surface area contributed by atoms with Crippen LogP contribution in [0.25, 0.3) is 22.0 Å². The van der Waals surface area contributed by atoms with Crippen molar-refractivity contribution < 1.29 is 24.9 Å². The van der Waals surface area contributed by atoms with Crippen LogP contribution in [0.5, 0.6) is 5.75 Å². The van der Waals surface area contributed by atoms with Crippen LogP contribution >= 0.6 is 24.8 Å². The highest BCUT2D eigenvalue weighted by atomic mass is 35.5. The molecule has 55 heavy (non-hydrogen) atoms. The normalized spacial score (nSPS) is 15.7. The van der Waals surface area contributed by atoms with Crippen molar-refractivity contribution in [1.29, 1.82) is 0 Å². The molecule has 4 aromatic carbocycles. The molecular weight excluding hydrogens is 741 g/mol. The number of carbonyl (C=O) groups excluding carboxylic acids is 1. The number of fused-ring (bicyclic) bond motifs is 1. The van der Waals surface area contributed by atoms with Gasteiger partial charge in [-0.15, -0.1) is 24.8 Å². The van der Waals surface area contributed by atoms with E-state index < -0.39 is 12.2 Å². The van der Waals surface area contributed by atoms with Crippen molar-refractivity contribution >= 4 is 53.4 Å². The number of aromatic hydroxyl groups is 1. The molecule has 0 bridgehead atoms. The van der Waals surface area contributed by atoms with Crippen molar-refractivity contribution in [1.82, 2.24) is 15.6 Å². The van der Waals surface area contributed by atoms with Gasteiger partial charge in [-0.3, -0.25) is 14.5 Å². The summed E-state index contributed by atoms with van der Waals surface area (Å²) in [6, 6.07) is 29.7. The summed E-state index contributed by atoms with van der Waals surface area (Å²) >= 11 is 0. The number of amides is 2. The molecule has 1 aromatic heterocycles. The van der Waals surface area contributed by atoms with Gasteiger partial charge in [0.1, 0.15) is 5.75 Å². The number of phenolic OH excluding ortho intramolecular Hbond substituents is 1. The van der Waals surface area contributed by atoms with Gasteiger partial charge in [0.2, 0.25) is 11.5 Å². The van der Waals surface area contributed by atoms with Crippen molar-refractivity contribution in [3.05, 3.63) is 130 Å². The number of aliphatic hydroxyl groups excluding tert-OH is 1. The van der Waals surface area contributed by atoms with Crippen LogP contribution in [0.3, 0.4) is 0 Å². The van der Waals surface area contributed by atoms with Gasteiger partial charge in [-0.1, -0.05) is 72.8 Å². The first-order valence-electron chi connectivity index (χ1n) is 18.2. The lowest BCUT2D eigenvalue weighted by molar-refractivity contribution is -0.121. The first kappa shape index (κ1) is 42.8. The number of nitrogens with one attached hydrogen (secondary N) is 3. The second-order valence-corrected chi connectivity index (χ2v) is 13.8. The summed E-state index contributed by atoms with van der Waals surface area (Å²) in [5.41, 5.74) is 12.2. The molecule has 0 radical (unpaired) electrons. The number of benzene rings is 4. The van der Waals surface area contributed by atoms with E-state index in [4.69, 9.17) is 5.73 Å². The van der Waals surface area contributed by atoms with E-state index in [2.05, 4.69) is 15.6 Å². The molecule has 11 nitrogen and oxygen atoms in total. The van der Waals surface area contributed by atoms with Crippen LogP contribution in [0.15, 0.2) is 102 Å². The number of phenols is 1. The molecule has 5 aromatic rings. The van der Waals surface area contributed by atoms with Gasteiger partial charge in [-0.2, -0.15) is 0 Å². The number of hydrogen-bond acceptors (Lipinski definition) is 7. The predicted octanol–water partition coefficient (Wildman–Crippen LogP) is 6.96. The highest BCUT2D eigenvalue weighted by molar-refractivity contribution is 5.94. The number of hydrogen-bond donors (Lipinski definition) is 7. The zero-order valence-electron chi connectivity index (χ0n) is 30.4. The Hall–Kier alpha value is -4.91. The number of aromatic nitrogens is 1. The van der Waals surface area contributed by atoms with Crippen molar-refractivity contribution in [2.24, 2.45) is 5.73 Å². The largest absolute Gasteiger partial charge is 0.506 e. The Morgan fingerprint density at radius 1 is 0.855 bits per heavy atom. The van der Waals surface area contributed by atoms with Gasteiger partial charge in [0, 0.05) is 55.2 Å². The molecule has 292 valence electrons. The average molecular weight is 791 g/mol. The van der Waals surface area contributed by atoms with E-state index in [0.717, 1.165) is 53.5 Å². The van der Waals surface area contributed by atoms with Crippen molar-refractivity contribution in [3.8, 4) is 16.9 Å². The quantitative estimate of drug-likeness (QED) is 0.0631. The number of carbonyl (C=O) groups is 2. The van der Waals surface area contributed by atoms with Gasteiger partial charge in [0.15, 0.2) is 0 Å². The zero-order valence-corrected chi connectivity index (χ0v) is 32.1. The van der Waals surface area contributed by atoms with E-state index in [-0.39, 0.29) is 60.7 Å². The molecule has 13 heteroatoms. The third kappa shape index (κ3) is 11.1. The fourth-order valence-electron chi connectivity index (χ4n) is 7.14. The van der Waals surface area contributed by atoms with Crippen molar-refractivity contribution in [3.63, 3.8) is 0 Å². The number of pyridine rings is 1. The zero-order chi connectivity index (χ0) is 37.3. The maximum atomic E-state index is 12.8. The number of aromatic amines is 1. The molecule has 2 amide bonds. The summed E-state index contributed by atoms with van der Waals surface area (Å²) in [4.78, 5) is 41.3. The Balaban J connectivity index is 0.00000336. The highest BCUT2D eigenvalue weighted by Crippen LogP contribution is 2.36. The Morgan fingerprint density at radius 3 is 2.22 bits per heavy atom. The first-order valence-corrected chi connectivity index (χ1v) is 18.2. The van der Waals surface area contributed by atoms with Crippen LogP contribution in [0.4, 0.5) is 10.5 Å². The topological polar surface area (TPSA) is 181 Å². The molecule has 1 heterocycles. The molecule has 1 saturated carbocycles. The van der Waals surface area contributed by atoms with E-state index in [1.54, 1.807) is 12.1 Å². The van der Waals surface area contributed by atoms with E-state index in [9.17, 15) is 29.7 Å². The Morgan fingerprint density at radius 2 is 1.53 bits per heavy atom. The minimum absolute atomic E-state index is 0. The van der Waals surface area contributed by atoms with Gasteiger partial charge >= 0.3 is 6.09 Å². The number of anilines is 1. The molecule has 0 saturated heterocycles. The van der Waals surface area contributed by atoms with E-state index in [1.165, 1.54) is 17.0 Å². The molecule has 0 spiro atoms. The lowest BCUT2D eigenvalue weighted by Crippen LogP contribution is -2.44. The number of H-pyrrole nitrogens is 1. The summed E-state index contributed by atoms with van der Waals surface area (Å²) in [5.74, 6) is -0.105. The van der Waals surface area contributed by atoms with Crippen molar-refractivity contribution in [2.75, 3.05) is 11.4 Å². The number of nitrogens with zero attached hydrogens (tertiary/aromatic N) is 1. The summed E-state index contributed by atoms with van der Waals surface area (Å²) < 4.78 is 0. The van der Waals surface area contributed by atoms with Gasteiger partial charge in [0.25, 0.3) is 0 Å². The Bertz CT molecular complexity index is 2090. The van der Waals surface area contributed by atoms with E-state index >= 15 is 0 Å². The molecule has 1 aliphatic rings.